The van der Waals surface area contributed by atoms with Gasteiger partial charge in [0.25, 0.3) is 0 Å². The average molecular weight is 224 g/mol. The molecule has 4 nitrogen and oxygen atoms in total. The van der Waals surface area contributed by atoms with Crippen LogP contribution in [0.25, 0.3) is 0 Å². The van der Waals surface area contributed by atoms with Gasteiger partial charge in [0.1, 0.15) is 0 Å². The number of ether oxygens (including phenoxy) is 1. The first-order valence-electron chi connectivity index (χ1n) is 5.68. The average Bonchev–Trinajstić information content (AvgIpc) is 2.33. The molecule has 90 valence electrons. The second kappa shape index (κ2) is 8.21. The molecule has 0 radical (unpaired) electrons. The van der Waals surface area contributed by atoms with Gasteiger partial charge in [0.2, 0.25) is 0 Å². The molecule has 0 saturated carbocycles. The number of nitrogens with one attached hydrogen (secondary N) is 1. The highest BCUT2D eigenvalue weighted by Gasteiger charge is 2.02. The Balaban J connectivity index is 2.03. The maximum Gasteiger partial charge on any atom is 0.0897 e. The quantitative estimate of drug-likeness (QED) is 0.635. The summed E-state index contributed by atoms with van der Waals surface area (Å²) in [6.07, 6.45) is 4.13. The Morgan fingerprint density at radius 3 is 3.12 bits per heavy atom. The summed E-state index contributed by atoms with van der Waals surface area (Å²) in [6, 6.07) is 3.98. The van der Waals surface area contributed by atoms with E-state index in [1.54, 1.807) is 6.20 Å². The van der Waals surface area contributed by atoms with Crippen LogP contribution in [0.3, 0.4) is 0 Å². The van der Waals surface area contributed by atoms with Gasteiger partial charge in [-0.05, 0) is 31.5 Å². The van der Waals surface area contributed by atoms with E-state index in [1.807, 2.05) is 25.3 Å². The van der Waals surface area contributed by atoms with E-state index >= 15 is 0 Å². The smallest absolute Gasteiger partial charge is 0.0897 e. The molecule has 0 spiro atoms. The van der Waals surface area contributed by atoms with Crippen LogP contribution in [-0.4, -0.2) is 42.5 Å². The molecule has 0 aliphatic heterocycles. The predicted octanol–water partition coefficient (Wildman–Crippen LogP) is 0.611. The Morgan fingerprint density at radius 1 is 1.56 bits per heavy atom. The summed E-state index contributed by atoms with van der Waals surface area (Å²) in [5.74, 6) is 0. The minimum atomic E-state index is -0.422. The second-order valence-electron chi connectivity index (χ2n) is 3.63. The molecule has 0 amide bonds. The van der Waals surface area contributed by atoms with Gasteiger partial charge in [0.05, 0.1) is 12.7 Å². The third kappa shape index (κ3) is 5.80. The van der Waals surface area contributed by atoms with Crippen molar-refractivity contribution in [2.75, 3.05) is 26.3 Å². The molecule has 0 bridgehead atoms. The Kier molecular flexibility index (Phi) is 6.72. The normalized spacial score (nSPS) is 12.6. The summed E-state index contributed by atoms with van der Waals surface area (Å²) in [7, 11) is 0. The fourth-order valence-electron chi connectivity index (χ4n) is 1.36. The first-order valence-corrected chi connectivity index (χ1v) is 5.68. The van der Waals surface area contributed by atoms with Crippen molar-refractivity contribution in [1.29, 1.82) is 0 Å². The predicted molar refractivity (Wildman–Crippen MR) is 63.3 cm³/mol. The van der Waals surface area contributed by atoms with E-state index in [0.29, 0.717) is 19.8 Å². The zero-order valence-electron chi connectivity index (χ0n) is 9.72. The molecule has 0 aromatic carbocycles. The number of hydrogen-bond acceptors (Lipinski definition) is 4. The van der Waals surface area contributed by atoms with Crippen LogP contribution in [0.2, 0.25) is 0 Å². The van der Waals surface area contributed by atoms with Crippen LogP contribution in [-0.2, 0) is 11.2 Å². The van der Waals surface area contributed by atoms with Crippen LogP contribution in [0.5, 0.6) is 0 Å². The molecule has 1 aromatic heterocycles. The summed E-state index contributed by atoms with van der Waals surface area (Å²) in [5.41, 5.74) is 1.20. The third-order valence-corrected chi connectivity index (χ3v) is 2.21. The van der Waals surface area contributed by atoms with Crippen molar-refractivity contribution in [3.8, 4) is 0 Å². The monoisotopic (exact) mass is 224 g/mol. The van der Waals surface area contributed by atoms with Crippen LogP contribution < -0.4 is 5.32 Å². The highest BCUT2D eigenvalue weighted by Crippen LogP contribution is 1.95. The van der Waals surface area contributed by atoms with E-state index in [4.69, 9.17) is 4.74 Å². The van der Waals surface area contributed by atoms with Crippen molar-refractivity contribution in [3.05, 3.63) is 30.1 Å². The Bertz CT molecular complexity index is 267. The van der Waals surface area contributed by atoms with E-state index in [0.717, 1.165) is 13.0 Å². The SMILES string of the molecule is CCOCC(O)CNCCc1cccnc1. The van der Waals surface area contributed by atoms with E-state index in [2.05, 4.69) is 10.3 Å². The Labute approximate surface area is 96.7 Å². The lowest BCUT2D eigenvalue weighted by atomic mass is 10.2. The molecule has 1 heterocycles. The highest BCUT2D eigenvalue weighted by atomic mass is 16.5. The van der Waals surface area contributed by atoms with Crippen molar-refractivity contribution in [2.24, 2.45) is 0 Å². The molecule has 0 fully saturated rings. The molecule has 1 atom stereocenters. The molecule has 4 heteroatoms. The number of aliphatic hydroxyl groups excluding tert-OH is 1. The standard InChI is InChI=1S/C12H20N2O2/c1-2-16-10-12(15)9-14-7-5-11-4-3-6-13-8-11/h3-4,6,8,12,14-15H,2,5,7,9-10H2,1H3. The van der Waals surface area contributed by atoms with Crippen LogP contribution in [0.1, 0.15) is 12.5 Å². The molecule has 0 saturated heterocycles. The molecule has 1 aromatic rings. The maximum absolute atomic E-state index is 9.48. The lowest BCUT2D eigenvalue weighted by Gasteiger charge is -2.11. The number of aliphatic hydroxyl groups is 1. The zero-order chi connectivity index (χ0) is 11.6. The Morgan fingerprint density at radius 2 is 2.44 bits per heavy atom. The molecule has 0 aliphatic rings. The summed E-state index contributed by atoms with van der Waals surface area (Å²) in [4.78, 5) is 4.04. The molecule has 2 N–H and O–H groups in total. The second-order valence-corrected chi connectivity index (χ2v) is 3.63. The number of rotatable bonds is 8. The van der Waals surface area contributed by atoms with Gasteiger partial charge in [0.15, 0.2) is 0 Å². The van der Waals surface area contributed by atoms with Gasteiger partial charge in [0, 0.05) is 25.5 Å². The summed E-state index contributed by atoms with van der Waals surface area (Å²) < 4.78 is 5.11. The number of nitrogens with zero attached hydrogens (tertiary/aromatic N) is 1. The van der Waals surface area contributed by atoms with Gasteiger partial charge >= 0.3 is 0 Å². The Hall–Kier alpha value is -0.970. The van der Waals surface area contributed by atoms with E-state index in [9.17, 15) is 5.11 Å². The van der Waals surface area contributed by atoms with E-state index in [-0.39, 0.29) is 0 Å². The minimum Gasteiger partial charge on any atom is -0.389 e. The van der Waals surface area contributed by atoms with E-state index < -0.39 is 6.10 Å². The number of hydrogen-bond donors (Lipinski definition) is 2. The third-order valence-electron chi connectivity index (χ3n) is 2.21. The van der Waals surface area contributed by atoms with Crippen LogP contribution in [0.4, 0.5) is 0 Å². The maximum atomic E-state index is 9.48. The molecule has 1 rings (SSSR count). The first-order chi connectivity index (χ1) is 7.83. The fourth-order valence-corrected chi connectivity index (χ4v) is 1.36. The van der Waals surface area contributed by atoms with Crippen LogP contribution in [0, 0.1) is 0 Å². The minimum absolute atomic E-state index is 0.399. The first kappa shape index (κ1) is 13.1. The molecule has 1 unspecified atom stereocenters. The zero-order valence-corrected chi connectivity index (χ0v) is 9.72. The van der Waals surface area contributed by atoms with Crippen molar-refractivity contribution < 1.29 is 9.84 Å². The van der Waals surface area contributed by atoms with Gasteiger partial charge in [-0.2, -0.15) is 0 Å². The summed E-state index contributed by atoms with van der Waals surface area (Å²) in [6.45, 7) is 4.38. The van der Waals surface area contributed by atoms with Crippen LogP contribution >= 0.6 is 0 Å². The molecule has 0 aliphatic carbocycles. The van der Waals surface area contributed by atoms with Crippen molar-refractivity contribution >= 4 is 0 Å². The van der Waals surface area contributed by atoms with Crippen LogP contribution in [0.15, 0.2) is 24.5 Å². The molecular formula is C12H20N2O2. The summed E-state index contributed by atoms with van der Waals surface area (Å²) in [5, 5.41) is 12.7. The topological polar surface area (TPSA) is 54.4 Å². The molecule has 16 heavy (non-hydrogen) atoms. The van der Waals surface area contributed by atoms with Gasteiger partial charge in [-0.25, -0.2) is 0 Å². The lowest BCUT2D eigenvalue weighted by Crippen LogP contribution is -2.31. The molecular weight excluding hydrogens is 204 g/mol. The van der Waals surface area contributed by atoms with Gasteiger partial charge < -0.3 is 15.2 Å². The van der Waals surface area contributed by atoms with Gasteiger partial charge in [-0.15, -0.1) is 0 Å². The van der Waals surface area contributed by atoms with Crippen molar-refractivity contribution in [1.82, 2.24) is 10.3 Å². The number of pyridine rings is 1. The number of aromatic nitrogens is 1. The van der Waals surface area contributed by atoms with Crippen molar-refractivity contribution in [3.63, 3.8) is 0 Å². The summed E-state index contributed by atoms with van der Waals surface area (Å²) >= 11 is 0. The van der Waals surface area contributed by atoms with Gasteiger partial charge in [-0.1, -0.05) is 6.07 Å². The van der Waals surface area contributed by atoms with Gasteiger partial charge in [-0.3, -0.25) is 4.98 Å². The lowest BCUT2D eigenvalue weighted by molar-refractivity contribution is 0.0430. The van der Waals surface area contributed by atoms with Crippen molar-refractivity contribution in [2.45, 2.75) is 19.4 Å². The van der Waals surface area contributed by atoms with E-state index in [1.165, 1.54) is 5.56 Å². The highest BCUT2D eigenvalue weighted by molar-refractivity contribution is 5.08. The fraction of sp³-hybridized carbons (Fsp3) is 0.583. The largest absolute Gasteiger partial charge is 0.389 e.